The highest BCUT2D eigenvalue weighted by molar-refractivity contribution is 7.25. The van der Waals surface area contributed by atoms with Crippen molar-refractivity contribution >= 4 is 65.6 Å². The van der Waals surface area contributed by atoms with Crippen LogP contribution in [0.1, 0.15) is 137 Å². The van der Waals surface area contributed by atoms with Gasteiger partial charge in [-0.3, -0.25) is 0 Å². The summed E-state index contributed by atoms with van der Waals surface area (Å²) in [5.41, 5.74) is 20.5. The summed E-state index contributed by atoms with van der Waals surface area (Å²) in [7, 11) is 0. The molecule has 0 radical (unpaired) electrons. The summed E-state index contributed by atoms with van der Waals surface area (Å²) in [6, 6.07) is 60.3. The second-order valence-corrected chi connectivity index (χ2v) is 21.9. The summed E-state index contributed by atoms with van der Waals surface area (Å²) in [5.74, 6) is 0. The van der Waals surface area contributed by atoms with Gasteiger partial charge in [0.2, 0.25) is 0 Å². The SMILES string of the molecule is CCCCCCCCC1(CCCCCCCC)c2cc(C)ccc2-c2ccc(-c3cc(-c4ccc(/C=C/c5ccc(C)cc5)cc4)cc(-c4ccc5sc6cc7oc8ccccc8c7cc6c5c4)c3)cc21. The summed E-state index contributed by atoms with van der Waals surface area (Å²) in [6.07, 6.45) is 22.7. The number of rotatable bonds is 19. The van der Waals surface area contributed by atoms with Crippen LogP contribution in [0.25, 0.3) is 98.8 Å². The minimum atomic E-state index is 0.0152. The van der Waals surface area contributed by atoms with Gasteiger partial charge >= 0.3 is 0 Å². The molecule has 0 spiro atoms. The van der Waals surface area contributed by atoms with Gasteiger partial charge in [0.1, 0.15) is 11.2 Å². The van der Waals surface area contributed by atoms with Gasteiger partial charge < -0.3 is 4.42 Å². The number of unbranched alkanes of at least 4 members (excludes halogenated alkanes) is 10. The van der Waals surface area contributed by atoms with E-state index in [-0.39, 0.29) is 5.41 Å². The smallest absolute Gasteiger partial charge is 0.136 e. The van der Waals surface area contributed by atoms with E-state index in [0.717, 1.165) is 11.2 Å². The number of hydrogen-bond acceptors (Lipinski definition) is 2. The van der Waals surface area contributed by atoms with Gasteiger partial charge in [0, 0.05) is 36.4 Å². The van der Waals surface area contributed by atoms with Gasteiger partial charge in [-0.25, -0.2) is 0 Å². The van der Waals surface area contributed by atoms with Crippen LogP contribution in [0.2, 0.25) is 0 Å². The minimum Gasteiger partial charge on any atom is -0.456 e. The number of para-hydroxylation sites is 1. The number of aryl methyl sites for hydroxylation is 2. The Morgan fingerprint density at radius 3 is 1.62 bits per heavy atom. The Balaban J connectivity index is 1.02. The molecule has 0 amide bonds. The third kappa shape index (κ3) is 9.57. The molecule has 0 unspecified atom stereocenters. The van der Waals surface area contributed by atoms with Gasteiger partial charge in [0.25, 0.3) is 0 Å². The molecule has 0 atom stereocenters. The lowest BCUT2D eigenvalue weighted by Crippen LogP contribution is -2.25. The summed E-state index contributed by atoms with van der Waals surface area (Å²) < 4.78 is 8.90. The first-order chi connectivity index (χ1) is 34.9. The first-order valence-electron chi connectivity index (χ1n) is 26.9. The number of fused-ring (bicyclic) bond motifs is 9. The van der Waals surface area contributed by atoms with E-state index in [0.29, 0.717) is 0 Å². The first kappa shape index (κ1) is 46.9. The van der Waals surface area contributed by atoms with Crippen LogP contribution < -0.4 is 0 Å². The molecule has 0 saturated heterocycles. The fourth-order valence-electron chi connectivity index (χ4n) is 11.8. The van der Waals surface area contributed by atoms with E-state index in [1.165, 1.54) is 188 Å². The Labute approximate surface area is 426 Å². The zero-order valence-corrected chi connectivity index (χ0v) is 43.2. The maximum Gasteiger partial charge on any atom is 0.136 e. The molecule has 71 heavy (non-hydrogen) atoms. The summed E-state index contributed by atoms with van der Waals surface area (Å²) >= 11 is 1.86. The lowest BCUT2D eigenvalue weighted by atomic mass is 9.70. The molecule has 0 N–H and O–H groups in total. The topological polar surface area (TPSA) is 13.1 Å². The van der Waals surface area contributed by atoms with Crippen LogP contribution in [0.15, 0.2) is 162 Å². The third-order valence-corrected chi connectivity index (χ3v) is 16.9. The maximum absolute atomic E-state index is 6.35. The Hall–Kier alpha value is -6.48. The fourth-order valence-corrected chi connectivity index (χ4v) is 12.9. The highest BCUT2D eigenvalue weighted by Gasteiger charge is 2.42. The van der Waals surface area contributed by atoms with Crippen molar-refractivity contribution in [2.24, 2.45) is 0 Å². The van der Waals surface area contributed by atoms with Crippen LogP contribution in [-0.4, -0.2) is 0 Å². The molecule has 0 bridgehead atoms. The molecule has 1 aliphatic rings. The number of thiophene rings is 1. The van der Waals surface area contributed by atoms with Crippen molar-refractivity contribution in [2.75, 3.05) is 0 Å². The zero-order chi connectivity index (χ0) is 48.3. The Morgan fingerprint density at radius 1 is 0.394 bits per heavy atom. The van der Waals surface area contributed by atoms with Crippen LogP contribution in [0.5, 0.6) is 0 Å². The maximum atomic E-state index is 6.35. The quantitative estimate of drug-likeness (QED) is 0.0582. The molecule has 8 aromatic carbocycles. The van der Waals surface area contributed by atoms with Crippen molar-refractivity contribution < 1.29 is 4.42 Å². The van der Waals surface area contributed by atoms with E-state index < -0.39 is 0 Å². The predicted molar refractivity (Wildman–Crippen MR) is 310 cm³/mol. The van der Waals surface area contributed by atoms with Gasteiger partial charge in [0.05, 0.1) is 0 Å². The van der Waals surface area contributed by atoms with Gasteiger partial charge in [0.15, 0.2) is 0 Å². The second-order valence-electron chi connectivity index (χ2n) is 20.8. The molecular weight excluding hydrogens is 877 g/mol. The average molecular weight is 945 g/mol. The Kier molecular flexibility index (Phi) is 13.7. The van der Waals surface area contributed by atoms with E-state index in [1.807, 2.05) is 11.3 Å². The second kappa shape index (κ2) is 20.7. The molecule has 11 rings (SSSR count). The van der Waals surface area contributed by atoms with Crippen LogP contribution in [0.4, 0.5) is 0 Å². The van der Waals surface area contributed by atoms with E-state index in [2.05, 4.69) is 198 Å². The molecule has 1 aliphatic carbocycles. The number of furan rings is 1. The average Bonchev–Trinajstić information content (AvgIpc) is 4.04. The summed E-state index contributed by atoms with van der Waals surface area (Å²) in [4.78, 5) is 0. The first-order valence-corrected chi connectivity index (χ1v) is 27.7. The van der Waals surface area contributed by atoms with Gasteiger partial charge in [-0.2, -0.15) is 0 Å². The normalized spacial score (nSPS) is 13.1. The van der Waals surface area contributed by atoms with E-state index >= 15 is 0 Å². The molecule has 0 saturated carbocycles. The standard InChI is InChI=1S/C69H68OS/c1-5-7-9-11-13-17-37-69(38-18-14-12-10-8-6-2)63-39-48(4)23-34-57(63)58-35-32-53(44-64(58)69)56-41-54(51-30-28-50(29-31-51)27-26-49-24-21-47(3)22-25-49)40-55(42-56)52-33-36-67-61(43-52)62-45-60-59-19-15-16-20-65(59)70-66(60)46-68(62)71-67/h15-16,19-36,39-46H,5-14,17-18,37-38H2,1-4H3/b27-26+. The molecule has 10 aromatic rings. The van der Waals surface area contributed by atoms with Crippen LogP contribution in [0, 0.1) is 13.8 Å². The monoisotopic (exact) mass is 944 g/mol. The lowest BCUT2D eigenvalue weighted by molar-refractivity contribution is 0.398. The van der Waals surface area contributed by atoms with Crippen molar-refractivity contribution in [1.82, 2.24) is 0 Å². The van der Waals surface area contributed by atoms with Gasteiger partial charge in [-0.1, -0.05) is 217 Å². The molecule has 2 heterocycles. The molecule has 0 aliphatic heterocycles. The molecule has 1 nitrogen and oxygen atoms in total. The molecule has 2 heteroatoms. The fraction of sp³-hybridized carbons (Fsp3) is 0.275. The molecule has 0 fully saturated rings. The minimum absolute atomic E-state index is 0.0152. The lowest BCUT2D eigenvalue weighted by Gasteiger charge is -2.33. The summed E-state index contributed by atoms with van der Waals surface area (Å²) in [6.45, 7) is 9.09. The van der Waals surface area contributed by atoms with Crippen molar-refractivity contribution in [2.45, 2.75) is 123 Å². The molecular formula is C69H68OS. The Bertz CT molecular complexity index is 3500. The van der Waals surface area contributed by atoms with Crippen molar-refractivity contribution in [1.29, 1.82) is 0 Å². The summed E-state index contributed by atoms with van der Waals surface area (Å²) in [5, 5.41) is 4.94. The van der Waals surface area contributed by atoms with Crippen LogP contribution in [-0.2, 0) is 5.41 Å². The van der Waals surface area contributed by atoms with Crippen molar-refractivity contribution in [3.05, 3.63) is 191 Å². The Morgan fingerprint density at radius 2 is 0.930 bits per heavy atom. The van der Waals surface area contributed by atoms with Gasteiger partial charge in [-0.15, -0.1) is 11.3 Å². The predicted octanol–water partition coefficient (Wildman–Crippen LogP) is 21.5. The largest absolute Gasteiger partial charge is 0.456 e. The molecule has 2 aromatic heterocycles. The van der Waals surface area contributed by atoms with Crippen LogP contribution in [0.3, 0.4) is 0 Å². The van der Waals surface area contributed by atoms with Crippen molar-refractivity contribution in [3.63, 3.8) is 0 Å². The van der Waals surface area contributed by atoms with Crippen molar-refractivity contribution in [3.8, 4) is 44.5 Å². The molecule has 356 valence electrons. The zero-order valence-electron chi connectivity index (χ0n) is 42.4. The third-order valence-electron chi connectivity index (χ3n) is 15.8. The van der Waals surface area contributed by atoms with Gasteiger partial charge in [-0.05, 0) is 148 Å². The van der Waals surface area contributed by atoms with E-state index in [9.17, 15) is 0 Å². The number of hydrogen-bond donors (Lipinski definition) is 0. The number of benzene rings is 8. The van der Waals surface area contributed by atoms with E-state index in [1.54, 1.807) is 11.1 Å². The highest BCUT2D eigenvalue weighted by atomic mass is 32.1. The highest BCUT2D eigenvalue weighted by Crippen LogP contribution is 2.55. The van der Waals surface area contributed by atoms with E-state index in [4.69, 9.17) is 4.42 Å². The van der Waals surface area contributed by atoms with Crippen LogP contribution >= 0.6 is 11.3 Å².